The van der Waals surface area contributed by atoms with Crippen molar-refractivity contribution in [3.63, 3.8) is 0 Å². The minimum atomic E-state index is -1.03. The first-order valence-corrected chi connectivity index (χ1v) is 11.4. The molecule has 34 heavy (non-hydrogen) atoms. The number of anilines is 1. The molecule has 0 aliphatic carbocycles. The Balaban J connectivity index is 1.65. The lowest BCUT2D eigenvalue weighted by Crippen LogP contribution is -2.56. The second-order valence-electron chi connectivity index (χ2n) is 10.2. The Kier molecular flexibility index (Phi) is 4.83. The van der Waals surface area contributed by atoms with Crippen LogP contribution in [-0.2, 0) is 14.4 Å². The third-order valence-electron chi connectivity index (χ3n) is 6.71. The molecule has 1 saturated heterocycles. The van der Waals surface area contributed by atoms with Crippen LogP contribution in [0.25, 0.3) is 6.08 Å². The highest BCUT2D eigenvalue weighted by molar-refractivity contribution is 6.12. The number of hydrogen-bond acceptors (Lipinski definition) is 5. The molecular weight excluding hydrogens is 434 g/mol. The molecule has 0 aromatic heterocycles. The molecular formula is C26H27N3O5. The second-order valence-corrected chi connectivity index (χ2v) is 10.2. The van der Waals surface area contributed by atoms with Crippen molar-refractivity contribution in [2.24, 2.45) is 5.41 Å². The Labute approximate surface area is 197 Å². The number of nitrogens with zero attached hydrogens (tertiary/aromatic N) is 2. The van der Waals surface area contributed by atoms with Crippen molar-refractivity contribution in [2.75, 3.05) is 11.9 Å². The molecule has 4 aliphatic rings. The van der Waals surface area contributed by atoms with Crippen molar-refractivity contribution in [3.05, 3.63) is 53.4 Å². The SMILES string of the molecule is CC1(C)C=Cc2c(ccc3c2NC(=O)C(C)(C)/C=C\N2C(=O)C4=CCCN4C(=O)[C@@H]2CC3=O)O1. The van der Waals surface area contributed by atoms with Crippen LogP contribution in [0.3, 0.4) is 0 Å². The van der Waals surface area contributed by atoms with Gasteiger partial charge in [-0.15, -0.1) is 0 Å². The van der Waals surface area contributed by atoms with Gasteiger partial charge in [0.2, 0.25) is 5.91 Å². The van der Waals surface area contributed by atoms with Crippen LogP contribution in [0.5, 0.6) is 5.75 Å². The fourth-order valence-corrected chi connectivity index (χ4v) is 4.65. The summed E-state index contributed by atoms with van der Waals surface area (Å²) in [6.45, 7) is 7.70. The van der Waals surface area contributed by atoms with Crippen LogP contribution < -0.4 is 10.1 Å². The maximum atomic E-state index is 13.6. The number of carbonyl (C=O) groups excluding carboxylic acids is 4. The maximum absolute atomic E-state index is 13.6. The third kappa shape index (κ3) is 3.45. The lowest BCUT2D eigenvalue weighted by molar-refractivity contribution is -0.147. The monoisotopic (exact) mass is 461 g/mol. The van der Waals surface area contributed by atoms with Crippen LogP contribution in [0.2, 0.25) is 0 Å². The summed E-state index contributed by atoms with van der Waals surface area (Å²) in [5.74, 6) is -0.763. The molecule has 4 aliphatic heterocycles. The standard InChI is InChI=1S/C26H27N3O5/c1-25(2)11-13-29-18(23(32)28-12-5-6-17(28)22(29)31)14-19(30)15-7-8-20-16(21(15)27-24(25)33)9-10-26(3,4)34-20/h6-11,13,18H,5,12,14H2,1-4H3,(H,27,33)/b13-11-/t18-/m0/s1. The van der Waals surface area contributed by atoms with Crippen LogP contribution in [0.15, 0.2) is 42.3 Å². The highest BCUT2D eigenvalue weighted by Crippen LogP contribution is 2.40. The zero-order chi connectivity index (χ0) is 24.4. The number of hydrogen-bond donors (Lipinski definition) is 1. The van der Waals surface area contributed by atoms with Gasteiger partial charge in [-0.05, 0) is 58.4 Å². The summed E-state index contributed by atoms with van der Waals surface area (Å²) in [5.41, 5.74) is 0.00784. The van der Waals surface area contributed by atoms with Crippen LogP contribution in [-0.4, -0.2) is 51.5 Å². The molecule has 4 heterocycles. The van der Waals surface area contributed by atoms with Crippen LogP contribution in [0, 0.1) is 5.41 Å². The predicted octanol–water partition coefficient (Wildman–Crippen LogP) is 3.26. The van der Waals surface area contributed by atoms with Crippen molar-refractivity contribution in [1.82, 2.24) is 9.80 Å². The summed E-state index contributed by atoms with van der Waals surface area (Å²) in [4.78, 5) is 56.2. The maximum Gasteiger partial charge on any atom is 0.274 e. The van der Waals surface area contributed by atoms with Gasteiger partial charge < -0.3 is 19.9 Å². The van der Waals surface area contributed by atoms with Crippen molar-refractivity contribution in [2.45, 2.75) is 52.2 Å². The van der Waals surface area contributed by atoms with E-state index in [1.54, 1.807) is 38.1 Å². The highest BCUT2D eigenvalue weighted by Gasteiger charge is 2.45. The minimum absolute atomic E-state index is 0.198. The van der Waals surface area contributed by atoms with Gasteiger partial charge in [0.15, 0.2) is 5.78 Å². The lowest BCUT2D eigenvalue weighted by atomic mass is 9.91. The van der Waals surface area contributed by atoms with Gasteiger partial charge in [-0.1, -0.05) is 12.2 Å². The number of benzene rings is 1. The quantitative estimate of drug-likeness (QED) is 0.640. The summed E-state index contributed by atoms with van der Waals surface area (Å²) < 4.78 is 6.04. The second kappa shape index (κ2) is 7.41. The molecule has 1 N–H and O–H groups in total. The van der Waals surface area contributed by atoms with Gasteiger partial charge in [-0.2, -0.15) is 0 Å². The zero-order valence-electron chi connectivity index (χ0n) is 19.7. The van der Waals surface area contributed by atoms with Crippen molar-refractivity contribution in [3.8, 4) is 5.75 Å². The van der Waals surface area contributed by atoms with Crippen molar-refractivity contribution in [1.29, 1.82) is 0 Å². The molecule has 0 unspecified atom stereocenters. The molecule has 0 bridgehead atoms. The number of ketones is 1. The normalized spacial score (nSPS) is 25.8. The molecule has 176 valence electrons. The number of ether oxygens (including phenoxy) is 1. The van der Waals surface area contributed by atoms with E-state index < -0.39 is 17.1 Å². The Hall–Kier alpha value is -3.68. The Morgan fingerprint density at radius 3 is 2.59 bits per heavy atom. The van der Waals surface area contributed by atoms with E-state index in [1.807, 2.05) is 26.0 Å². The largest absolute Gasteiger partial charge is 0.483 e. The molecule has 1 atom stereocenters. The number of amides is 3. The third-order valence-corrected chi connectivity index (χ3v) is 6.71. The van der Waals surface area contributed by atoms with Gasteiger partial charge in [0, 0.05) is 30.3 Å². The average molecular weight is 462 g/mol. The summed E-state index contributed by atoms with van der Waals surface area (Å²) in [6, 6.07) is 2.34. The van der Waals surface area contributed by atoms with E-state index in [-0.39, 0.29) is 35.5 Å². The van der Waals surface area contributed by atoms with E-state index in [9.17, 15) is 19.2 Å². The number of Topliss-reactive ketones (excluding diaryl/α,β-unsaturated/α-hetero) is 1. The number of nitrogens with one attached hydrogen (secondary N) is 1. The summed E-state index contributed by atoms with van der Waals surface area (Å²) in [7, 11) is 0. The first kappa shape index (κ1) is 22.1. The molecule has 8 heteroatoms. The first-order valence-electron chi connectivity index (χ1n) is 11.4. The Morgan fingerprint density at radius 1 is 1.06 bits per heavy atom. The first-order chi connectivity index (χ1) is 16.0. The predicted molar refractivity (Wildman–Crippen MR) is 126 cm³/mol. The summed E-state index contributed by atoms with van der Waals surface area (Å²) >= 11 is 0. The van der Waals surface area contributed by atoms with Gasteiger partial charge in [0.1, 0.15) is 23.1 Å². The molecule has 3 amide bonds. The summed E-state index contributed by atoms with van der Waals surface area (Å²) in [5, 5.41) is 2.93. The van der Waals surface area contributed by atoms with E-state index in [1.165, 1.54) is 16.0 Å². The van der Waals surface area contributed by atoms with Gasteiger partial charge >= 0.3 is 0 Å². The molecule has 5 rings (SSSR count). The van der Waals surface area contributed by atoms with Gasteiger partial charge in [0.25, 0.3) is 11.8 Å². The van der Waals surface area contributed by atoms with Gasteiger partial charge in [-0.3, -0.25) is 19.2 Å². The van der Waals surface area contributed by atoms with Crippen molar-refractivity contribution >= 4 is 35.3 Å². The van der Waals surface area contributed by atoms with E-state index in [0.717, 1.165) is 0 Å². The lowest BCUT2D eigenvalue weighted by Gasteiger charge is -2.38. The van der Waals surface area contributed by atoms with E-state index in [0.29, 0.717) is 35.7 Å². The van der Waals surface area contributed by atoms with Crippen LogP contribution >= 0.6 is 0 Å². The van der Waals surface area contributed by atoms with E-state index in [4.69, 9.17) is 4.74 Å². The Bertz CT molecular complexity index is 1240. The molecule has 0 spiro atoms. The average Bonchev–Trinajstić information content (AvgIpc) is 3.26. The number of carbonyl (C=O) groups is 4. The topological polar surface area (TPSA) is 96.0 Å². The molecule has 1 aromatic rings. The van der Waals surface area contributed by atoms with Crippen LogP contribution in [0.4, 0.5) is 5.69 Å². The van der Waals surface area contributed by atoms with Gasteiger partial charge in [0.05, 0.1) is 11.1 Å². The smallest absolute Gasteiger partial charge is 0.274 e. The van der Waals surface area contributed by atoms with E-state index in [2.05, 4.69) is 5.32 Å². The number of piperazine rings is 1. The molecule has 0 radical (unpaired) electrons. The zero-order valence-corrected chi connectivity index (χ0v) is 19.7. The number of rotatable bonds is 0. The molecule has 1 fully saturated rings. The molecule has 1 aromatic carbocycles. The van der Waals surface area contributed by atoms with E-state index >= 15 is 0 Å². The van der Waals surface area contributed by atoms with Crippen LogP contribution in [0.1, 0.15) is 56.5 Å². The number of fused-ring (bicyclic) bond motifs is 5. The van der Waals surface area contributed by atoms with Crippen molar-refractivity contribution < 1.29 is 23.9 Å². The fourth-order valence-electron chi connectivity index (χ4n) is 4.65. The summed E-state index contributed by atoms with van der Waals surface area (Å²) in [6.07, 6.45) is 8.93. The minimum Gasteiger partial charge on any atom is -0.483 e. The molecule has 0 saturated carbocycles. The highest BCUT2D eigenvalue weighted by atomic mass is 16.5. The van der Waals surface area contributed by atoms with Gasteiger partial charge in [-0.25, -0.2) is 0 Å². The molecule has 8 nitrogen and oxygen atoms in total. The fraction of sp³-hybridized carbons (Fsp3) is 0.385. The Morgan fingerprint density at radius 2 is 1.82 bits per heavy atom.